The van der Waals surface area contributed by atoms with E-state index in [1.165, 1.54) is 0 Å². The molecule has 0 aromatic heterocycles. The molecule has 1 aliphatic carbocycles. The van der Waals surface area contributed by atoms with Gasteiger partial charge in [-0.2, -0.15) is 0 Å². The van der Waals surface area contributed by atoms with E-state index in [4.69, 9.17) is 0 Å². The number of allylic oxidation sites excluding steroid dienone is 1. The molecule has 2 atom stereocenters. The van der Waals surface area contributed by atoms with Crippen LogP contribution < -0.4 is 0 Å². The zero-order valence-corrected chi connectivity index (χ0v) is 5.76. The Morgan fingerprint density at radius 3 is 2.67 bits per heavy atom. The molecule has 0 aliphatic heterocycles. The van der Waals surface area contributed by atoms with Gasteiger partial charge in [-0.15, -0.1) is 6.58 Å². The summed E-state index contributed by atoms with van der Waals surface area (Å²) in [7, 11) is 0. The molecule has 0 amide bonds. The standard InChI is InChI=1S/C8H12O/c1-3-7-4-6(2)8(9)5-7/h3,6-7H,1,4-5H2,2H3. The first-order chi connectivity index (χ1) is 4.24. The quantitative estimate of drug-likeness (QED) is 0.487. The average Bonchev–Trinajstić information content (AvgIpc) is 2.13. The minimum Gasteiger partial charge on any atom is -0.299 e. The maximum absolute atomic E-state index is 10.9. The van der Waals surface area contributed by atoms with Gasteiger partial charge in [0.1, 0.15) is 5.78 Å². The predicted octanol–water partition coefficient (Wildman–Crippen LogP) is 1.79. The van der Waals surface area contributed by atoms with Crippen LogP contribution in [0.25, 0.3) is 0 Å². The van der Waals surface area contributed by atoms with E-state index in [-0.39, 0.29) is 5.92 Å². The van der Waals surface area contributed by atoms with E-state index in [9.17, 15) is 4.79 Å². The van der Waals surface area contributed by atoms with Crippen LogP contribution in [0.5, 0.6) is 0 Å². The summed E-state index contributed by atoms with van der Waals surface area (Å²) < 4.78 is 0. The maximum atomic E-state index is 10.9. The van der Waals surface area contributed by atoms with Gasteiger partial charge in [0.15, 0.2) is 0 Å². The molecule has 1 fully saturated rings. The molecule has 1 saturated carbocycles. The lowest BCUT2D eigenvalue weighted by atomic mass is 10.1. The Kier molecular flexibility index (Phi) is 1.70. The van der Waals surface area contributed by atoms with E-state index in [0.717, 1.165) is 12.8 Å². The summed E-state index contributed by atoms with van der Waals surface area (Å²) in [5, 5.41) is 0. The smallest absolute Gasteiger partial charge is 0.136 e. The largest absolute Gasteiger partial charge is 0.299 e. The van der Waals surface area contributed by atoms with E-state index in [1.54, 1.807) is 0 Å². The fourth-order valence-electron chi connectivity index (χ4n) is 1.31. The van der Waals surface area contributed by atoms with Crippen LogP contribution in [-0.4, -0.2) is 5.78 Å². The lowest BCUT2D eigenvalue weighted by molar-refractivity contribution is -0.120. The lowest BCUT2D eigenvalue weighted by Gasteiger charge is -1.96. The van der Waals surface area contributed by atoms with Crippen LogP contribution in [0.2, 0.25) is 0 Å². The molecule has 0 radical (unpaired) electrons. The van der Waals surface area contributed by atoms with Crippen molar-refractivity contribution in [2.45, 2.75) is 19.8 Å². The van der Waals surface area contributed by atoms with E-state index >= 15 is 0 Å². The number of hydrogen-bond acceptors (Lipinski definition) is 1. The van der Waals surface area contributed by atoms with Crippen LogP contribution in [-0.2, 0) is 4.79 Å². The monoisotopic (exact) mass is 124 g/mol. The van der Waals surface area contributed by atoms with Gasteiger partial charge in [0.05, 0.1) is 0 Å². The molecule has 0 bridgehead atoms. The van der Waals surface area contributed by atoms with Gasteiger partial charge in [-0.3, -0.25) is 4.79 Å². The Morgan fingerprint density at radius 1 is 1.78 bits per heavy atom. The van der Waals surface area contributed by atoms with Crippen molar-refractivity contribution >= 4 is 5.78 Å². The summed E-state index contributed by atoms with van der Waals surface area (Å²) in [4.78, 5) is 10.9. The first kappa shape index (κ1) is 6.53. The van der Waals surface area contributed by atoms with Crippen molar-refractivity contribution in [2.75, 3.05) is 0 Å². The Balaban J connectivity index is 2.53. The van der Waals surface area contributed by atoms with Crippen molar-refractivity contribution < 1.29 is 4.79 Å². The van der Waals surface area contributed by atoms with Crippen LogP contribution >= 0.6 is 0 Å². The fraction of sp³-hybridized carbons (Fsp3) is 0.625. The Hall–Kier alpha value is -0.590. The first-order valence-electron chi connectivity index (χ1n) is 3.39. The third-order valence-electron chi connectivity index (χ3n) is 2.00. The highest BCUT2D eigenvalue weighted by Gasteiger charge is 2.26. The summed E-state index contributed by atoms with van der Waals surface area (Å²) >= 11 is 0. The predicted molar refractivity (Wildman–Crippen MR) is 37.1 cm³/mol. The molecule has 0 N–H and O–H groups in total. The molecule has 1 nitrogen and oxygen atoms in total. The molecule has 0 aromatic rings. The summed E-state index contributed by atoms with van der Waals surface area (Å²) in [6.45, 7) is 5.65. The molecule has 1 aliphatic rings. The molecule has 0 saturated heterocycles. The van der Waals surface area contributed by atoms with E-state index in [0.29, 0.717) is 11.7 Å². The molecule has 1 rings (SSSR count). The third-order valence-corrected chi connectivity index (χ3v) is 2.00. The highest BCUT2D eigenvalue weighted by molar-refractivity contribution is 5.83. The van der Waals surface area contributed by atoms with E-state index in [1.807, 2.05) is 13.0 Å². The maximum Gasteiger partial charge on any atom is 0.136 e. The fourth-order valence-corrected chi connectivity index (χ4v) is 1.31. The van der Waals surface area contributed by atoms with Crippen molar-refractivity contribution in [2.24, 2.45) is 11.8 Å². The van der Waals surface area contributed by atoms with Crippen LogP contribution in [0.4, 0.5) is 0 Å². The Morgan fingerprint density at radius 2 is 2.44 bits per heavy atom. The Bertz CT molecular complexity index is 138. The summed E-state index contributed by atoms with van der Waals surface area (Å²) in [5.74, 6) is 1.15. The molecular weight excluding hydrogens is 112 g/mol. The normalized spacial score (nSPS) is 35.0. The third kappa shape index (κ3) is 1.21. The number of carbonyl (C=O) groups excluding carboxylic acids is 1. The second-order valence-corrected chi connectivity index (χ2v) is 2.80. The number of carbonyl (C=O) groups is 1. The van der Waals surface area contributed by atoms with Crippen molar-refractivity contribution in [1.29, 1.82) is 0 Å². The zero-order valence-electron chi connectivity index (χ0n) is 5.76. The van der Waals surface area contributed by atoms with Gasteiger partial charge >= 0.3 is 0 Å². The number of rotatable bonds is 1. The minimum atomic E-state index is 0.285. The molecule has 50 valence electrons. The number of ketones is 1. The summed E-state index contributed by atoms with van der Waals surface area (Å²) in [6, 6.07) is 0. The van der Waals surface area contributed by atoms with Crippen molar-refractivity contribution in [1.82, 2.24) is 0 Å². The molecule has 9 heavy (non-hydrogen) atoms. The van der Waals surface area contributed by atoms with Crippen LogP contribution in [0.15, 0.2) is 12.7 Å². The van der Waals surface area contributed by atoms with Crippen LogP contribution in [0, 0.1) is 11.8 Å². The lowest BCUT2D eigenvalue weighted by Crippen LogP contribution is -1.98. The molecular formula is C8H12O. The average molecular weight is 124 g/mol. The van der Waals surface area contributed by atoms with Gasteiger partial charge in [-0.1, -0.05) is 13.0 Å². The molecule has 0 spiro atoms. The number of hydrogen-bond donors (Lipinski definition) is 0. The molecule has 1 heteroatoms. The van der Waals surface area contributed by atoms with Crippen LogP contribution in [0.1, 0.15) is 19.8 Å². The zero-order chi connectivity index (χ0) is 6.85. The van der Waals surface area contributed by atoms with Gasteiger partial charge in [0.2, 0.25) is 0 Å². The van der Waals surface area contributed by atoms with Gasteiger partial charge in [-0.05, 0) is 12.3 Å². The van der Waals surface area contributed by atoms with Gasteiger partial charge in [-0.25, -0.2) is 0 Å². The highest BCUT2D eigenvalue weighted by Crippen LogP contribution is 2.27. The first-order valence-corrected chi connectivity index (χ1v) is 3.39. The molecule has 2 unspecified atom stereocenters. The van der Waals surface area contributed by atoms with Gasteiger partial charge in [0.25, 0.3) is 0 Å². The van der Waals surface area contributed by atoms with Gasteiger partial charge in [0, 0.05) is 12.3 Å². The highest BCUT2D eigenvalue weighted by atomic mass is 16.1. The minimum absolute atomic E-state index is 0.285. The topological polar surface area (TPSA) is 17.1 Å². The summed E-state index contributed by atoms with van der Waals surface area (Å²) in [6.07, 6.45) is 3.63. The van der Waals surface area contributed by atoms with Crippen molar-refractivity contribution in [3.8, 4) is 0 Å². The second kappa shape index (κ2) is 2.34. The van der Waals surface area contributed by atoms with Crippen LogP contribution in [0.3, 0.4) is 0 Å². The summed E-state index contributed by atoms with van der Waals surface area (Å²) in [5.41, 5.74) is 0. The Labute approximate surface area is 55.8 Å². The van der Waals surface area contributed by atoms with Crippen molar-refractivity contribution in [3.05, 3.63) is 12.7 Å². The van der Waals surface area contributed by atoms with Gasteiger partial charge < -0.3 is 0 Å². The number of Topliss-reactive ketones (excluding diaryl/α,β-unsaturated/α-hetero) is 1. The molecule has 0 aromatic carbocycles. The molecule has 0 heterocycles. The van der Waals surface area contributed by atoms with E-state index in [2.05, 4.69) is 6.58 Å². The SMILES string of the molecule is C=CC1CC(=O)C(C)C1. The van der Waals surface area contributed by atoms with Crippen molar-refractivity contribution in [3.63, 3.8) is 0 Å². The second-order valence-electron chi connectivity index (χ2n) is 2.80. The van der Waals surface area contributed by atoms with E-state index < -0.39 is 0 Å².